The molecular weight excluding hydrogens is 256 g/mol. The van der Waals surface area contributed by atoms with Gasteiger partial charge < -0.3 is 5.32 Å². The molecule has 2 saturated heterocycles. The molecule has 2 heterocycles. The number of thioether (sulfide) groups is 1. The van der Waals surface area contributed by atoms with E-state index in [1.165, 1.54) is 0 Å². The molecule has 0 aromatic carbocycles. The van der Waals surface area contributed by atoms with Crippen molar-refractivity contribution >= 4 is 26.8 Å². The van der Waals surface area contributed by atoms with Crippen molar-refractivity contribution in [2.75, 3.05) is 17.3 Å². The van der Waals surface area contributed by atoms with Crippen molar-refractivity contribution in [1.82, 2.24) is 5.32 Å². The lowest BCUT2D eigenvalue weighted by Gasteiger charge is -2.33. The second-order valence-electron chi connectivity index (χ2n) is 5.86. The van der Waals surface area contributed by atoms with Gasteiger partial charge in [-0.2, -0.15) is 0 Å². The van der Waals surface area contributed by atoms with Gasteiger partial charge in [-0.05, 0) is 33.6 Å². The van der Waals surface area contributed by atoms with E-state index in [9.17, 15) is 8.42 Å². The molecule has 0 aromatic heterocycles. The summed E-state index contributed by atoms with van der Waals surface area (Å²) in [5, 5.41) is 4.29. The van der Waals surface area contributed by atoms with Gasteiger partial charge in [0.15, 0.2) is 15.0 Å². The van der Waals surface area contributed by atoms with E-state index in [0.717, 1.165) is 17.3 Å². The predicted octanol–water partition coefficient (Wildman–Crippen LogP) is 1.42. The summed E-state index contributed by atoms with van der Waals surface area (Å²) in [7, 11) is -2.88. The van der Waals surface area contributed by atoms with Gasteiger partial charge in [0.1, 0.15) is 0 Å². The standard InChI is InChI=1S/C11H20N2O2S2/c1-10(2)4-6-16-9(12-10)13-11(3)5-7-17(14,15)8-11/h4-8H2,1-3H3,(H,12,13). The van der Waals surface area contributed by atoms with Crippen LogP contribution in [-0.4, -0.2) is 41.9 Å². The first-order chi connectivity index (χ1) is 7.70. The summed E-state index contributed by atoms with van der Waals surface area (Å²) in [5.41, 5.74) is -0.362. The van der Waals surface area contributed by atoms with E-state index < -0.39 is 15.4 Å². The van der Waals surface area contributed by atoms with E-state index in [1.54, 1.807) is 11.8 Å². The Kier molecular flexibility index (Phi) is 3.23. The van der Waals surface area contributed by atoms with Gasteiger partial charge >= 0.3 is 0 Å². The molecule has 0 aromatic rings. The van der Waals surface area contributed by atoms with Gasteiger partial charge in [-0.25, -0.2) is 8.42 Å². The molecule has 17 heavy (non-hydrogen) atoms. The van der Waals surface area contributed by atoms with Gasteiger partial charge in [-0.3, -0.25) is 4.99 Å². The summed E-state index contributed by atoms with van der Waals surface area (Å²) >= 11 is 1.70. The van der Waals surface area contributed by atoms with Crippen LogP contribution in [0.3, 0.4) is 0 Å². The number of hydrogen-bond acceptors (Lipinski definition) is 4. The van der Waals surface area contributed by atoms with Gasteiger partial charge in [-0.1, -0.05) is 11.8 Å². The molecule has 2 rings (SSSR count). The van der Waals surface area contributed by atoms with Crippen LogP contribution in [0.25, 0.3) is 0 Å². The number of nitrogens with zero attached hydrogens (tertiary/aromatic N) is 1. The summed E-state index contributed by atoms with van der Waals surface area (Å²) in [5.74, 6) is 1.50. The highest BCUT2D eigenvalue weighted by atomic mass is 32.2. The molecule has 4 nitrogen and oxygen atoms in total. The zero-order valence-corrected chi connectivity index (χ0v) is 12.2. The third-order valence-corrected chi connectivity index (χ3v) is 6.03. The zero-order valence-electron chi connectivity index (χ0n) is 10.6. The Hall–Kier alpha value is -0.230. The minimum absolute atomic E-state index is 0.0674. The van der Waals surface area contributed by atoms with Crippen LogP contribution in [0.2, 0.25) is 0 Å². The average molecular weight is 276 g/mol. The second-order valence-corrected chi connectivity index (χ2v) is 9.13. The number of rotatable bonds is 1. The molecule has 0 bridgehead atoms. The number of nitrogens with one attached hydrogen (secondary N) is 1. The van der Waals surface area contributed by atoms with Crippen LogP contribution < -0.4 is 5.32 Å². The van der Waals surface area contributed by atoms with E-state index >= 15 is 0 Å². The molecule has 0 amide bonds. The lowest BCUT2D eigenvalue weighted by molar-refractivity contribution is 0.441. The highest BCUT2D eigenvalue weighted by molar-refractivity contribution is 8.13. The monoisotopic (exact) mass is 276 g/mol. The SMILES string of the molecule is CC1(N=C2NC(C)(C)CCS2)CCS(=O)(=O)C1. The number of aliphatic imine (C=N–C) groups is 1. The van der Waals surface area contributed by atoms with Gasteiger partial charge in [0.2, 0.25) is 0 Å². The summed E-state index contributed by atoms with van der Waals surface area (Å²) in [4.78, 5) is 4.65. The first kappa shape index (κ1) is 13.2. The zero-order chi connectivity index (χ0) is 12.7. The van der Waals surface area contributed by atoms with Crippen molar-refractivity contribution in [2.24, 2.45) is 4.99 Å². The maximum atomic E-state index is 11.5. The minimum atomic E-state index is -2.88. The minimum Gasteiger partial charge on any atom is -0.360 e. The lowest BCUT2D eigenvalue weighted by atomic mass is 10.0. The molecule has 0 radical (unpaired) electrons. The Morgan fingerprint density at radius 2 is 2.00 bits per heavy atom. The van der Waals surface area contributed by atoms with Crippen LogP contribution in [-0.2, 0) is 9.84 Å². The quantitative estimate of drug-likeness (QED) is 0.787. The third kappa shape index (κ3) is 3.37. The molecule has 98 valence electrons. The van der Waals surface area contributed by atoms with Crippen molar-refractivity contribution in [3.8, 4) is 0 Å². The maximum absolute atomic E-state index is 11.5. The summed E-state index contributed by atoms with van der Waals surface area (Å²) < 4.78 is 23.0. The van der Waals surface area contributed by atoms with Crippen molar-refractivity contribution in [3.05, 3.63) is 0 Å². The van der Waals surface area contributed by atoms with Gasteiger partial charge in [0, 0.05) is 11.3 Å². The lowest BCUT2D eigenvalue weighted by Crippen LogP contribution is -2.47. The van der Waals surface area contributed by atoms with Crippen LogP contribution in [0.4, 0.5) is 0 Å². The van der Waals surface area contributed by atoms with Gasteiger partial charge in [-0.15, -0.1) is 0 Å². The van der Waals surface area contributed by atoms with Crippen molar-refractivity contribution in [1.29, 1.82) is 0 Å². The number of hydrogen-bond donors (Lipinski definition) is 1. The molecule has 6 heteroatoms. The van der Waals surface area contributed by atoms with Gasteiger partial charge in [0.05, 0.1) is 17.0 Å². The summed E-state index contributed by atoms with van der Waals surface area (Å²) in [6, 6.07) is 0. The van der Waals surface area contributed by atoms with Crippen molar-refractivity contribution in [2.45, 2.75) is 44.7 Å². The average Bonchev–Trinajstić information content (AvgIpc) is 2.38. The van der Waals surface area contributed by atoms with Crippen LogP contribution in [0.1, 0.15) is 33.6 Å². The van der Waals surface area contributed by atoms with Crippen LogP contribution in [0.15, 0.2) is 4.99 Å². The second kappa shape index (κ2) is 4.16. The molecule has 0 saturated carbocycles. The molecular formula is C11H20N2O2S2. The highest BCUT2D eigenvalue weighted by Crippen LogP contribution is 2.30. The Balaban J connectivity index is 2.14. The van der Waals surface area contributed by atoms with Crippen LogP contribution in [0.5, 0.6) is 0 Å². The molecule has 2 fully saturated rings. The molecule has 1 unspecified atom stereocenters. The van der Waals surface area contributed by atoms with E-state index in [4.69, 9.17) is 0 Å². The van der Waals surface area contributed by atoms with E-state index in [2.05, 4.69) is 24.2 Å². The van der Waals surface area contributed by atoms with Crippen LogP contribution >= 0.6 is 11.8 Å². The first-order valence-corrected chi connectivity index (χ1v) is 8.72. The topological polar surface area (TPSA) is 58.5 Å². The Morgan fingerprint density at radius 1 is 1.29 bits per heavy atom. The number of sulfone groups is 1. The summed E-state index contributed by atoms with van der Waals surface area (Å²) in [6.07, 6.45) is 1.74. The van der Waals surface area contributed by atoms with E-state index in [0.29, 0.717) is 6.42 Å². The molecule has 0 aliphatic carbocycles. The smallest absolute Gasteiger partial charge is 0.157 e. The molecule has 2 aliphatic rings. The van der Waals surface area contributed by atoms with E-state index in [-0.39, 0.29) is 17.0 Å². The highest BCUT2D eigenvalue weighted by Gasteiger charge is 2.39. The molecule has 2 aliphatic heterocycles. The van der Waals surface area contributed by atoms with Gasteiger partial charge in [0.25, 0.3) is 0 Å². The Labute approximate surface area is 108 Å². The predicted molar refractivity (Wildman–Crippen MR) is 73.4 cm³/mol. The third-order valence-electron chi connectivity index (χ3n) is 3.27. The first-order valence-electron chi connectivity index (χ1n) is 5.91. The molecule has 0 spiro atoms. The maximum Gasteiger partial charge on any atom is 0.157 e. The molecule has 1 N–H and O–H groups in total. The van der Waals surface area contributed by atoms with Crippen molar-refractivity contribution in [3.63, 3.8) is 0 Å². The van der Waals surface area contributed by atoms with E-state index in [1.807, 2.05) is 6.92 Å². The normalized spacial score (nSPS) is 37.9. The summed E-state index contributed by atoms with van der Waals surface area (Å²) in [6.45, 7) is 6.24. The van der Waals surface area contributed by atoms with Crippen molar-refractivity contribution < 1.29 is 8.42 Å². The fourth-order valence-corrected chi connectivity index (χ4v) is 5.67. The fourth-order valence-electron chi connectivity index (χ4n) is 2.18. The largest absolute Gasteiger partial charge is 0.360 e. The Bertz CT molecular complexity index is 442. The molecule has 1 atom stereocenters. The Morgan fingerprint density at radius 3 is 2.53 bits per heavy atom. The number of amidine groups is 1. The van der Waals surface area contributed by atoms with Crippen LogP contribution in [0, 0.1) is 0 Å². The fraction of sp³-hybridized carbons (Fsp3) is 0.909.